The van der Waals surface area contributed by atoms with Gasteiger partial charge in [-0.2, -0.15) is 4.98 Å². The molecule has 2 aliphatic heterocycles. The number of hydrogen-bond donors (Lipinski definition) is 2. The van der Waals surface area contributed by atoms with Crippen LogP contribution in [-0.2, 0) is 16.1 Å². The summed E-state index contributed by atoms with van der Waals surface area (Å²) in [5.74, 6) is 1.10. The molecule has 2 aliphatic rings. The second kappa shape index (κ2) is 14.7. The topological polar surface area (TPSA) is 140 Å². The van der Waals surface area contributed by atoms with Gasteiger partial charge in [0.1, 0.15) is 23.1 Å². The van der Waals surface area contributed by atoms with Crippen LogP contribution < -0.4 is 24.9 Å². The molecule has 0 saturated carbocycles. The lowest BCUT2D eigenvalue weighted by Crippen LogP contribution is -2.49. The fraction of sp³-hybridized carbons (Fsp3) is 0.333. The normalized spacial score (nSPS) is 15.8. The Morgan fingerprint density at radius 2 is 1.26 bits per heavy atom. The molecule has 1 aromatic carbocycles. The third-order valence-electron chi connectivity index (χ3n) is 8.05. The summed E-state index contributed by atoms with van der Waals surface area (Å²) in [6.07, 6.45) is 3.57. The summed E-state index contributed by atoms with van der Waals surface area (Å²) in [7, 11) is 0. The van der Waals surface area contributed by atoms with Crippen LogP contribution in [0.2, 0.25) is 0 Å². The number of amides is 1. The summed E-state index contributed by atoms with van der Waals surface area (Å²) in [6, 6.07) is 21.6. The first-order valence-electron chi connectivity index (χ1n) is 15.4. The first-order valence-corrected chi connectivity index (χ1v) is 15.4. The Labute approximate surface area is 267 Å². The third kappa shape index (κ3) is 7.67. The van der Waals surface area contributed by atoms with E-state index in [2.05, 4.69) is 39.9 Å². The van der Waals surface area contributed by atoms with E-state index in [1.54, 1.807) is 18.5 Å². The Balaban J connectivity index is 1.18. The molecule has 0 bridgehead atoms. The van der Waals surface area contributed by atoms with Gasteiger partial charge in [-0.1, -0.05) is 42.5 Å². The molecule has 1 unspecified atom stereocenters. The minimum absolute atomic E-state index is 0.105. The monoisotopic (exact) mass is 623 g/mol. The maximum atomic E-state index is 13.5. The minimum Gasteiger partial charge on any atom is -0.480 e. The van der Waals surface area contributed by atoms with E-state index >= 15 is 0 Å². The highest BCUT2D eigenvalue weighted by Crippen LogP contribution is 2.23. The number of nitrogens with one attached hydrogen (secondary N) is 1. The lowest BCUT2D eigenvalue weighted by atomic mass is 10.2. The molecule has 1 amide bonds. The molecule has 2 fully saturated rings. The number of carboxylic acids is 1. The van der Waals surface area contributed by atoms with Crippen LogP contribution in [0.4, 0.5) is 23.4 Å². The van der Waals surface area contributed by atoms with Gasteiger partial charge in [0, 0.05) is 70.8 Å². The van der Waals surface area contributed by atoms with Gasteiger partial charge in [0.15, 0.2) is 6.04 Å². The molecule has 238 valence electrons. The van der Waals surface area contributed by atoms with Crippen molar-refractivity contribution < 1.29 is 19.4 Å². The number of pyridine rings is 2. The van der Waals surface area contributed by atoms with Crippen LogP contribution in [0, 0.1) is 0 Å². The standard InChI is InChI=1S/C33H37N9O4/c43-31(36-27(32(44)45)24-46-23-25-8-2-1-3-9-25)26-22-30(41-16-14-39(15-17-41)28-10-4-6-12-34-28)38-33(37-26)42-20-18-40(19-21-42)29-11-5-7-13-35-29/h1-13,22,27H,14-21,23-24H2,(H,36,43)(H,44,45). The van der Waals surface area contributed by atoms with Gasteiger partial charge in [0.05, 0.1) is 13.2 Å². The number of aromatic nitrogens is 4. The van der Waals surface area contributed by atoms with Crippen molar-refractivity contribution in [2.24, 2.45) is 0 Å². The van der Waals surface area contributed by atoms with Gasteiger partial charge in [-0.3, -0.25) is 4.79 Å². The van der Waals surface area contributed by atoms with Crippen molar-refractivity contribution in [1.82, 2.24) is 25.3 Å². The summed E-state index contributed by atoms with van der Waals surface area (Å²) < 4.78 is 5.65. The molecule has 6 rings (SSSR count). The van der Waals surface area contributed by atoms with Gasteiger partial charge >= 0.3 is 5.97 Å². The predicted molar refractivity (Wildman–Crippen MR) is 174 cm³/mol. The van der Waals surface area contributed by atoms with Crippen LogP contribution in [0.25, 0.3) is 0 Å². The smallest absolute Gasteiger partial charge is 0.328 e. The molecule has 4 aromatic rings. The van der Waals surface area contributed by atoms with E-state index in [4.69, 9.17) is 9.72 Å². The zero-order valence-corrected chi connectivity index (χ0v) is 25.5. The molecule has 1 atom stereocenters. The summed E-state index contributed by atoms with van der Waals surface area (Å²) in [4.78, 5) is 52.7. The Hall–Kier alpha value is -5.30. The van der Waals surface area contributed by atoms with Crippen molar-refractivity contribution in [2.45, 2.75) is 12.6 Å². The molecule has 0 aliphatic carbocycles. The zero-order chi connectivity index (χ0) is 31.7. The highest BCUT2D eigenvalue weighted by atomic mass is 16.5. The van der Waals surface area contributed by atoms with Crippen molar-refractivity contribution in [1.29, 1.82) is 0 Å². The van der Waals surface area contributed by atoms with Crippen LogP contribution >= 0.6 is 0 Å². The van der Waals surface area contributed by atoms with Gasteiger partial charge in [-0.05, 0) is 29.8 Å². The average molecular weight is 624 g/mol. The fourth-order valence-electron chi connectivity index (χ4n) is 5.50. The van der Waals surface area contributed by atoms with E-state index in [-0.39, 0.29) is 18.9 Å². The van der Waals surface area contributed by atoms with E-state index in [9.17, 15) is 14.7 Å². The minimum atomic E-state index is -1.25. The van der Waals surface area contributed by atoms with Crippen LogP contribution in [0.3, 0.4) is 0 Å². The Morgan fingerprint density at radius 3 is 1.80 bits per heavy atom. The number of carbonyl (C=O) groups excluding carboxylic acids is 1. The molecule has 3 aromatic heterocycles. The van der Waals surface area contributed by atoms with Crippen LogP contribution in [0.1, 0.15) is 16.1 Å². The maximum Gasteiger partial charge on any atom is 0.328 e. The van der Waals surface area contributed by atoms with E-state index in [0.717, 1.165) is 30.3 Å². The van der Waals surface area contributed by atoms with Crippen LogP contribution in [0.15, 0.2) is 85.2 Å². The Bertz CT molecular complexity index is 1500. The summed E-state index contributed by atoms with van der Waals surface area (Å²) >= 11 is 0. The van der Waals surface area contributed by atoms with Gasteiger partial charge in [0.25, 0.3) is 5.91 Å². The molecule has 5 heterocycles. The van der Waals surface area contributed by atoms with Crippen molar-refractivity contribution in [3.05, 3.63) is 96.4 Å². The van der Waals surface area contributed by atoms with Crippen molar-refractivity contribution >= 4 is 35.3 Å². The number of rotatable bonds is 11. The number of nitrogens with zero attached hydrogens (tertiary/aromatic N) is 8. The van der Waals surface area contributed by atoms with Gasteiger partial charge in [-0.25, -0.2) is 19.7 Å². The molecular formula is C33H37N9O4. The molecule has 2 saturated heterocycles. The van der Waals surface area contributed by atoms with Gasteiger partial charge < -0.3 is 34.8 Å². The average Bonchev–Trinajstić information content (AvgIpc) is 3.12. The summed E-state index contributed by atoms with van der Waals surface area (Å²) in [5.41, 5.74) is 1.02. The summed E-state index contributed by atoms with van der Waals surface area (Å²) in [5, 5.41) is 12.5. The number of anilines is 4. The maximum absolute atomic E-state index is 13.5. The van der Waals surface area contributed by atoms with E-state index < -0.39 is 17.9 Å². The first kappa shape index (κ1) is 30.7. The molecule has 0 radical (unpaired) electrons. The first-order chi connectivity index (χ1) is 22.5. The number of benzene rings is 1. The highest BCUT2D eigenvalue weighted by Gasteiger charge is 2.27. The Morgan fingerprint density at radius 1 is 0.717 bits per heavy atom. The van der Waals surface area contributed by atoms with Gasteiger partial charge in [0.2, 0.25) is 5.95 Å². The van der Waals surface area contributed by atoms with Crippen LogP contribution in [0.5, 0.6) is 0 Å². The lowest BCUT2D eigenvalue weighted by molar-refractivity contribution is -0.141. The van der Waals surface area contributed by atoms with E-state index in [1.807, 2.05) is 66.7 Å². The number of aliphatic carboxylic acids is 1. The molecular weight excluding hydrogens is 586 g/mol. The summed E-state index contributed by atoms with van der Waals surface area (Å²) in [6.45, 7) is 5.58. The second-order valence-corrected chi connectivity index (χ2v) is 11.1. The van der Waals surface area contributed by atoms with Crippen molar-refractivity contribution in [2.75, 3.05) is 78.6 Å². The van der Waals surface area contributed by atoms with E-state index in [1.165, 1.54) is 0 Å². The number of carboxylic acid groups (broad SMARTS) is 1. The highest BCUT2D eigenvalue weighted by molar-refractivity contribution is 5.96. The molecule has 13 nitrogen and oxygen atoms in total. The molecule has 46 heavy (non-hydrogen) atoms. The fourth-order valence-corrected chi connectivity index (χ4v) is 5.50. The third-order valence-corrected chi connectivity index (χ3v) is 8.05. The largest absolute Gasteiger partial charge is 0.480 e. The predicted octanol–water partition coefficient (Wildman–Crippen LogP) is 2.32. The molecule has 2 N–H and O–H groups in total. The van der Waals surface area contributed by atoms with Crippen LogP contribution in [-0.4, -0.2) is 102 Å². The molecule has 0 spiro atoms. The van der Waals surface area contributed by atoms with E-state index in [0.29, 0.717) is 51.0 Å². The SMILES string of the molecule is O=C(NC(COCc1ccccc1)C(=O)O)c1cc(N2CCN(c3ccccn3)CC2)nc(N2CCN(c3ccccn3)CC2)n1. The Kier molecular flexibility index (Phi) is 9.78. The number of ether oxygens (including phenoxy) is 1. The zero-order valence-electron chi connectivity index (χ0n) is 25.5. The number of piperazine rings is 2. The quantitative estimate of drug-likeness (QED) is 0.253. The number of hydrogen-bond acceptors (Lipinski definition) is 11. The molecule has 13 heteroatoms. The number of carbonyl (C=O) groups is 2. The second-order valence-electron chi connectivity index (χ2n) is 11.1. The van der Waals surface area contributed by atoms with Crippen molar-refractivity contribution in [3.8, 4) is 0 Å². The van der Waals surface area contributed by atoms with Crippen molar-refractivity contribution in [3.63, 3.8) is 0 Å². The van der Waals surface area contributed by atoms with Gasteiger partial charge in [-0.15, -0.1) is 0 Å². The lowest BCUT2D eigenvalue weighted by Gasteiger charge is -2.37.